The first kappa shape index (κ1) is 28.0. The number of pyridine rings is 1. The number of nitrogens with zero attached hydrogens (tertiary/aromatic N) is 2. The van der Waals surface area contributed by atoms with Gasteiger partial charge in [0.15, 0.2) is 0 Å². The van der Waals surface area contributed by atoms with Crippen molar-refractivity contribution < 1.29 is 9.53 Å². The molecule has 0 atom stereocenters. The molecule has 3 heterocycles. The van der Waals surface area contributed by atoms with E-state index < -0.39 is 0 Å². The Morgan fingerprint density at radius 2 is 1.98 bits per heavy atom. The van der Waals surface area contributed by atoms with Gasteiger partial charge < -0.3 is 31.4 Å². The van der Waals surface area contributed by atoms with Crippen LogP contribution in [0.2, 0.25) is 0 Å². The molecule has 0 spiro atoms. The monoisotopic (exact) mass is 580 g/mol. The van der Waals surface area contributed by atoms with Crippen LogP contribution in [0.25, 0.3) is 38.2 Å². The predicted molar refractivity (Wildman–Crippen MR) is 174 cm³/mol. The van der Waals surface area contributed by atoms with Crippen LogP contribution in [0.3, 0.4) is 0 Å². The number of nitrogens with two attached hydrogens (primary N) is 2. The van der Waals surface area contributed by atoms with Gasteiger partial charge in [-0.05, 0) is 60.9 Å². The number of nitrogens with one attached hydrogen (secondary N) is 2. The number of methoxy groups -OCH3 is 1. The maximum atomic E-state index is 13.2. The average molecular weight is 581 g/mol. The molecule has 6 rings (SSSR count). The summed E-state index contributed by atoms with van der Waals surface area (Å²) in [4.78, 5) is 17.7. The van der Waals surface area contributed by atoms with Crippen molar-refractivity contribution in [3.05, 3.63) is 77.4 Å². The van der Waals surface area contributed by atoms with Gasteiger partial charge in [0.2, 0.25) is 0 Å². The number of para-hydroxylation sites is 1. The number of aryl methyl sites for hydroxylation is 1. The molecule has 216 valence electrons. The maximum absolute atomic E-state index is 13.2. The summed E-state index contributed by atoms with van der Waals surface area (Å²) in [5.41, 5.74) is 17.6. The minimum absolute atomic E-state index is 0.202. The molecule has 1 fully saturated rings. The second-order valence-electron chi connectivity index (χ2n) is 10.9. The van der Waals surface area contributed by atoms with Gasteiger partial charge >= 0.3 is 0 Å². The Bertz CT molecular complexity index is 1780. The van der Waals surface area contributed by atoms with Crippen LogP contribution >= 0.6 is 11.3 Å². The summed E-state index contributed by atoms with van der Waals surface area (Å²) in [6.45, 7) is 0.799. The Balaban J connectivity index is 1.22. The summed E-state index contributed by atoms with van der Waals surface area (Å²) < 4.78 is 8.69. The topological polar surface area (TPSA) is 120 Å². The molecule has 5 aromatic rings. The van der Waals surface area contributed by atoms with Gasteiger partial charge in [0.25, 0.3) is 5.91 Å². The van der Waals surface area contributed by atoms with Crippen LogP contribution in [0.4, 0.5) is 11.5 Å². The fourth-order valence-corrected chi connectivity index (χ4v) is 6.90. The molecular weight excluding hydrogens is 544 g/mol. The van der Waals surface area contributed by atoms with Crippen LogP contribution in [0.1, 0.15) is 41.7 Å². The first-order chi connectivity index (χ1) is 20.4. The van der Waals surface area contributed by atoms with E-state index in [9.17, 15) is 4.79 Å². The predicted octanol–water partition coefficient (Wildman–Crippen LogP) is 6.17. The number of rotatable bonds is 8. The van der Waals surface area contributed by atoms with E-state index in [0.717, 1.165) is 69.9 Å². The summed E-state index contributed by atoms with van der Waals surface area (Å²) in [5, 5.41) is 10.7. The molecule has 1 aliphatic rings. The van der Waals surface area contributed by atoms with Gasteiger partial charge in [-0.25, -0.2) is 4.98 Å². The van der Waals surface area contributed by atoms with Crippen molar-refractivity contribution in [2.75, 3.05) is 24.7 Å². The van der Waals surface area contributed by atoms with Crippen LogP contribution < -0.4 is 26.8 Å². The Morgan fingerprint density at radius 1 is 1.17 bits per heavy atom. The van der Waals surface area contributed by atoms with Crippen LogP contribution in [-0.2, 0) is 7.05 Å². The smallest absolute Gasteiger partial charge is 0.272 e. The number of aromatic nitrogens is 2. The van der Waals surface area contributed by atoms with Crippen LogP contribution in [-0.4, -0.2) is 41.2 Å². The van der Waals surface area contributed by atoms with E-state index in [-0.39, 0.29) is 5.91 Å². The average Bonchev–Trinajstić information content (AvgIpc) is 3.60. The molecule has 0 aliphatic heterocycles. The van der Waals surface area contributed by atoms with Gasteiger partial charge in [-0.2, -0.15) is 0 Å². The lowest BCUT2D eigenvalue weighted by molar-refractivity contribution is 0.101. The third kappa shape index (κ3) is 5.51. The van der Waals surface area contributed by atoms with E-state index >= 15 is 0 Å². The molecule has 1 aliphatic carbocycles. The minimum atomic E-state index is -0.202. The van der Waals surface area contributed by atoms with E-state index in [2.05, 4.69) is 33.1 Å². The fourth-order valence-electron chi connectivity index (χ4n) is 5.82. The number of amides is 1. The Morgan fingerprint density at radius 3 is 2.76 bits per heavy atom. The zero-order valence-electron chi connectivity index (χ0n) is 23.9. The fraction of sp³-hybridized carbons (Fsp3) is 0.273. The molecule has 9 heteroatoms. The molecule has 6 N–H and O–H groups in total. The van der Waals surface area contributed by atoms with E-state index in [0.29, 0.717) is 35.0 Å². The first-order valence-electron chi connectivity index (χ1n) is 14.3. The maximum Gasteiger partial charge on any atom is 0.272 e. The van der Waals surface area contributed by atoms with Gasteiger partial charge in [0.05, 0.1) is 12.8 Å². The number of ether oxygens (including phenoxy) is 1. The SMILES string of the molecule is COc1cc(-c2csc3c(C=CCN[C@H]4CC[C@H](N)CC4)cnc(N)c23)ccc1NC(=O)c1cc2ccccc2n1C. The summed E-state index contributed by atoms with van der Waals surface area (Å²) in [6.07, 6.45) is 10.5. The van der Waals surface area contributed by atoms with Gasteiger partial charge in [0.1, 0.15) is 17.3 Å². The number of fused-ring (bicyclic) bond motifs is 2. The molecule has 1 saturated carbocycles. The molecule has 0 saturated heterocycles. The van der Waals surface area contributed by atoms with E-state index in [1.54, 1.807) is 18.4 Å². The normalized spacial score (nSPS) is 17.3. The number of benzene rings is 2. The van der Waals surface area contributed by atoms with Gasteiger partial charge in [-0.3, -0.25) is 4.79 Å². The number of nitrogen functional groups attached to an aromatic ring is 1. The second kappa shape index (κ2) is 12.0. The molecule has 42 heavy (non-hydrogen) atoms. The van der Waals surface area contributed by atoms with Crippen molar-refractivity contribution in [3.8, 4) is 16.9 Å². The first-order valence-corrected chi connectivity index (χ1v) is 15.2. The molecular formula is C33H36N6O2S. The quantitative estimate of drug-likeness (QED) is 0.174. The summed E-state index contributed by atoms with van der Waals surface area (Å²) in [6, 6.07) is 16.5. The molecule has 0 radical (unpaired) electrons. The number of carbonyl (C=O) groups excluding carboxylic acids is 1. The summed E-state index contributed by atoms with van der Waals surface area (Å²) in [7, 11) is 3.50. The number of hydrogen-bond acceptors (Lipinski definition) is 7. The zero-order chi connectivity index (χ0) is 29.2. The number of anilines is 2. The van der Waals surface area contributed by atoms with Crippen molar-refractivity contribution >= 4 is 55.8 Å². The highest BCUT2D eigenvalue weighted by Gasteiger charge is 2.19. The number of thiophene rings is 1. The molecule has 2 aromatic carbocycles. The molecule has 0 bridgehead atoms. The van der Waals surface area contributed by atoms with Crippen LogP contribution in [0, 0.1) is 0 Å². The molecule has 8 nitrogen and oxygen atoms in total. The summed E-state index contributed by atoms with van der Waals surface area (Å²) in [5.74, 6) is 0.852. The number of carbonyl (C=O) groups is 1. The third-order valence-corrected chi connectivity index (χ3v) is 9.22. The Hall–Kier alpha value is -4.18. The lowest BCUT2D eigenvalue weighted by Gasteiger charge is -2.26. The highest BCUT2D eigenvalue weighted by atomic mass is 32.1. The lowest BCUT2D eigenvalue weighted by Crippen LogP contribution is -2.37. The Labute approximate surface area is 249 Å². The standard InChI is InChI=1S/C33H36N6O2S/c1-39-27-8-4-3-6-21(27)16-28(39)33(40)38-26-14-9-20(17-29(26)41-2)25-19-42-31-22(18-37-32(35)30(25)31)7-5-15-36-24-12-10-23(34)11-13-24/h3-9,14,16-19,23-24,36H,10-13,15,34H2,1-2H3,(H2,35,37)(H,38,40)/t23-,24-. The highest BCUT2D eigenvalue weighted by molar-refractivity contribution is 7.18. The van der Waals surface area contributed by atoms with E-state index in [1.807, 2.05) is 66.3 Å². The highest BCUT2D eigenvalue weighted by Crippen LogP contribution is 2.41. The third-order valence-electron chi connectivity index (χ3n) is 8.19. The number of hydrogen-bond donors (Lipinski definition) is 4. The molecule has 3 aromatic heterocycles. The molecule has 1 amide bonds. The van der Waals surface area contributed by atoms with Crippen molar-refractivity contribution in [2.24, 2.45) is 12.8 Å². The second-order valence-corrected chi connectivity index (χ2v) is 11.8. The Kier molecular flexibility index (Phi) is 7.97. The van der Waals surface area contributed by atoms with E-state index in [1.165, 1.54) is 0 Å². The largest absolute Gasteiger partial charge is 0.495 e. The van der Waals surface area contributed by atoms with Gasteiger partial charge in [-0.15, -0.1) is 11.3 Å². The van der Waals surface area contributed by atoms with Gasteiger partial charge in [0, 0.05) is 64.0 Å². The zero-order valence-corrected chi connectivity index (χ0v) is 24.7. The molecule has 0 unspecified atom stereocenters. The van der Waals surface area contributed by atoms with Crippen LogP contribution in [0.15, 0.2) is 66.2 Å². The minimum Gasteiger partial charge on any atom is -0.495 e. The van der Waals surface area contributed by atoms with E-state index in [4.69, 9.17) is 16.2 Å². The summed E-state index contributed by atoms with van der Waals surface area (Å²) >= 11 is 1.65. The van der Waals surface area contributed by atoms with Crippen molar-refractivity contribution in [3.63, 3.8) is 0 Å². The van der Waals surface area contributed by atoms with Crippen LogP contribution in [0.5, 0.6) is 5.75 Å². The van der Waals surface area contributed by atoms with Gasteiger partial charge in [-0.1, -0.05) is 36.4 Å². The van der Waals surface area contributed by atoms with Crippen molar-refractivity contribution in [1.82, 2.24) is 14.9 Å². The lowest BCUT2D eigenvalue weighted by atomic mass is 9.92. The van der Waals surface area contributed by atoms with Crippen molar-refractivity contribution in [1.29, 1.82) is 0 Å². The van der Waals surface area contributed by atoms with Crippen molar-refractivity contribution in [2.45, 2.75) is 37.8 Å².